The van der Waals surface area contributed by atoms with Gasteiger partial charge in [0.05, 0.1) is 5.56 Å². The first kappa shape index (κ1) is 10.7. The van der Waals surface area contributed by atoms with Gasteiger partial charge < -0.3 is 16.6 Å². The van der Waals surface area contributed by atoms with Crippen molar-refractivity contribution < 1.29 is 9.90 Å². The van der Waals surface area contributed by atoms with Gasteiger partial charge in [0.2, 0.25) is 0 Å². The van der Waals surface area contributed by atoms with Crippen molar-refractivity contribution in [1.29, 1.82) is 0 Å². The van der Waals surface area contributed by atoms with E-state index < -0.39 is 5.97 Å². The molecule has 0 saturated heterocycles. The van der Waals surface area contributed by atoms with Crippen molar-refractivity contribution >= 4 is 5.97 Å². The van der Waals surface area contributed by atoms with Crippen LogP contribution in [0.4, 0.5) is 0 Å². The van der Waals surface area contributed by atoms with E-state index in [2.05, 4.69) is 0 Å². The van der Waals surface area contributed by atoms with Gasteiger partial charge in [-0.3, -0.25) is 0 Å². The average Bonchev–Trinajstić information content (AvgIpc) is 2.16. The maximum Gasteiger partial charge on any atom is 0.335 e. The van der Waals surface area contributed by atoms with Gasteiger partial charge in [-0.25, -0.2) is 4.79 Å². The molecule has 0 spiro atoms. The fourth-order valence-electron chi connectivity index (χ4n) is 1.41. The van der Waals surface area contributed by atoms with Gasteiger partial charge >= 0.3 is 5.97 Å². The van der Waals surface area contributed by atoms with Gasteiger partial charge in [0.1, 0.15) is 0 Å². The second kappa shape index (κ2) is 4.21. The molecule has 1 aromatic carbocycles. The number of carboxylic acids is 1. The molecule has 5 N–H and O–H groups in total. The molecule has 0 aliphatic carbocycles. The zero-order valence-corrected chi connectivity index (χ0v) is 8.03. The zero-order chi connectivity index (χ0) is 10.7. The van der Waals surface area contributed by atoms with Gasteiger partial charge in [0.25, 0.3) is 0 Å². The molecule has 4 heteroatoms. The molecule has 0 aliphatic rings. The zero-order valence-electron chi connectivity index (χ0n) is 8.03. The third-order valence-electron chi connectivity index (χ3n) is 2.26. The highest BCUT2D eigenvalue weighted by molar-refractivity contribution is 5.89. The number of aromatic carboxylic acids is 1. The molecule has 0 saturated carbocycles. The lowest BCUT2D eigenvalue weighted by Crippen LogP contribution is -2.22. The van der Waals surface area contributed by atoms with E-state index in [0.29, 0.717) is 12.1 Å². The Labute approximate surface area is 82.5 Å². The smallest absolute Gasteiger partial charge is 0.335 e. The molecule has 0 unspecified atom stereocenters. The van der Waals surface area contributed by atoms with E-state index in [1.165, 1.54) is 0 Å². The van der Waals surface area contributed by atoms with Crippen molar-refractivity contribution in [3.05, 3.63) is 34.9 Å². The molecule has 0 fully saturated rings. The SMILES string of the molecule is Cc1c(C(=O)O)cccc1[C@H](N)CN. The highest BCUT2D eigenvalue weighted by atomic mass is 16.4. The molecule has 14 heavy (non-hydrogen) atoms. The summed E-state index contributed by atoms with van der Waals surface area (Å²) < 4.78 is 0. The molecule has 0 radical (unpaired) electrons. The summed E-state index contributed by atoms with van der Waals surface area (Å²) in [5.74, 6) is -0.937. The van der Waals surface area contributed by atoms with Crippen LogP contribution in [-0.2, 0) is 0 Å². The second-order valence-corrected chi connectivity index (χ2v) is 3.17. The minimum Gasteiger partial charge on any atom is -0.478 e. The lowest BCUT2D eigenvalue weighted by Gasteiger charge is -2.13. The summed E-state index contributed by atoms with van der Waals surface area (Å²) in [6, 6.07) is 4.75. The number of nitrogens with two attached hydrogens (primary N) is 2. The Balaban J connectivity index is 3.20. The normalized spacial score (nSPS) is 12.5. The molecule has 1 aromatic rings. The molecule has 1 atom stereocenters. The predicted molar refractivity (Wildman–Crippen MR) is 54.1 cm³/mol. The van der Waals surface area contributed by atoms with Crippen LogP contribution in [0.3, 0.4) is 0 Å². The highest BCUT2D eigenvalue weighted by Gasteiger charge is 2.13. The van der Waals surface area contributed by atoms with E-state index in [9.17, 15) is 4.79 Å². The van der Waals surface area contributed by atoms with Crippen molar-refractivity contribution in [2.45, 2.75) is 13.0 Å². The summed E-state index contributed by atoms with van der Waals surface area (Å²) in [7, 11) is 0. The summed E-state index contributed by atoms with van der Waals surface area (Å²) in [6.07, 6.45) is 0. The van der Waals surface area contributed by atoms with Crippen LogP contribution >= 0.6 is 0 Å². The first-order valence-electron chi connectivity index (χ1n) is 4.36. The second-order valence-electron chi connectivity index (χ2n) is 3.17. The molecule has 0 heterocycles. The topological polar surface area (TPSA) is 89.3 Å². The number of carboxylic acid groups (broad SMARTS) is 1. The quantitative estimate of drug-likeness (QED) is 0.659. The first-order chi connectivity index (χ1) is 6.57. The maximum absolute atomic E-state index is 10.8. The first-order valence-corrected chi connectivity index (χ1v) is 4.36. The van der Waals surface area contributed by atoms with E-state index in [1.807, 2.05) is 0 Å². The lowest BCUT2D eigenvalue weighted by molar-refractivity contribution is 0.0696. The van der Waals surface area contributed by atoms with Crippen LogP contribution < -0.4 is 11.5 Å². The largest absolute Gasteiger partial charge is 0.478 e. The Kier molecular flexibility index (Phi) is 3.22. The van der Waals surface area contributed by atoms with Crippen LogP contribution in [0, 0.1) is 6.92 Å². The summed E-state index contributed by atoms with van der Waals surface area (Å²) in [5, 5.41) is 8.87. The summed E-state index contributed by atoms with van der Waals surface area (Å²) in [5.41, 5.74) is 12.9. The Morgan fingerprint density at radius 1 is 1.57 bits per heavy atom. The van der Waals surface area contributed by atoms with Crippen LogP contribution in [0.5, 0.6) is 0 Å². The number of benzene rings is 1. The minimum absolute atomic E-state index is 0.284. The number of hydrogen-bond donors (Lipinski definition) is 3. The Hall–Kier alpha value is -1.39. The van der Waals surface area contributed by atoms with E-state index in [4.69, 9.17) is 16.6 Å². The van der Waals surface area contributed by atoms with Gasteiger partial charge in [-0.15, -0.1) is 0 Å². The van der Waals surface area contributed by atoms with Gasteiger partial charge in [-0.1, -0.05) is 12.1 Å². The summed E-state index contributed by atoms with van der Waals surface area (Å²) in [6.45, 7) is 2.05. The third kappa shape index (κ3) is 1.92. The Morgan fingerprint density at radius 2 is 2.21 bits per heavy atom. The van der Waals surface area contributed by atoms with Crippen molar-refractivity contribution in [3.63, 3.8) is 0 Å². The van der Waals surface area contributed by atoms with Crippen LogP contribution in [-0.4, -0.2) is 17.6 Å². The van der Waals surface area contributed by atoms with Crippen molar-refractivity contribution in [3.8, 4) is 0 Å². The average molecular weight is 194 g/mol. The van der Waals surface area contributed by atoms with E-state index in [0.717, 1.165) is 5.56 Å². The third-order valence-corrected chi connectivity index (χ3v) is 2.26. The number of hydrogen-bond acceptors (Lipinski definition) is 3. The van der Waals surface area contributed by atoms with Crippen LogP contribution in [0.25, 0.3) is 0 Å². The lowest BCUT2D eigenvalue weighted by atomic mass is 9.97. The molecule has 76 valence electrons. The monoisotopic (exact) mass is 194 g/mol. The molecule has 4 nitrogen and oxygen atoms in total. The molecule has 0 aromatic heterocycles. The standard InChI is InChI=1S/C10H14N2O2/c1-6-7(9(12)5-11)3-2-4-8(6)10(13)14/h2-4,9H,5,11-12H2,1H3,(H,13,14)/t9-/m1/s1. The van der Waals surface area contributed by atoms with Gasteiger partial charge in [-0.05, 0) is 24.1 Å². The molecule has 1 rings (SSSR count). The van der Waals surface area contributed by atoms with Crippen LogP contribution in [0.15, 0.2) is 18.2 Å². The van der Waals surface area contributed by atoms with Gasteiger partial charge in [-0.2, -0.15) is 0 Å². The predicted octanol–water partition coefficient (Wildman–Crippen LogP) is 0.652. The molecule has 0 bridgehead atoms. The number of rotatable bonds is 3. The molecule has 0 amide bonds. The van der Waals surface area contributed by atoms with Crippen molar-refractivity contribution in [2.24, 2.45) is 11.5 Å². The fourth-order valence-corrected chi connectivity index (χ4v) is 1.41. The molecular weight excluding hydrogens is 180 g/mol. The van der Waals surface area contributed by atoms with Crippen LogP contribution in [0.2, 0.25) is 0 Å². The van der Waals surface area contributed by atoms with E-state index in [1.54, 1.807) is 25.1 Å². The maximum atomic E-state index is 10.8. The van der Waals surface area contributed by atoms with Gasteiger partial charge in [0.15, 0.2) is 0 Å². The highest BCUT2D eigenvalue weighted by Crippen LogP contribution is 2.18. The van der Waals surface area contributed by atoms with Crippen LogP contribution in [0.1, 0.15) is 27.5 Å². The van der Waals surface area contributed by atoms with Crippen molar-refractivity contribution in [2.75, 3.05) is 6.54 Å². The van der Waals surface area contributed by atoms with Crippen molar-refractivity contribution in [1.82, 2.24) is 0 Å². The summed E-state index contributed by atoms with van der Waals surface area (Å²) in [4.78, 5) is 10.8. The fraction of sp³-hybridized carbons (Fsp3) is 0.300. The molecule has 0 aliphatic heterocycles. The van der Waals surface area contributed by atoms with E-state index >= 15 is 0 Å². The number of carbonyl (C=O) groups is 1. The Morgan fingerprint density at radius 3 is 2.71 bits per heavy atom. The molecular formula is C10H14N2O2. The Bertz CT molecular complexity index is 350. The van der Waals surface area contributed by atoms with E-state index in [-0.39, 0.29) is 11.6 Å². The van der Waals surface area contributed by atoms with Gasteiger partial charge in [0, 0.05) is 12.6 Å². The summed E-state index contributed by atoms with van der Waals surface area (Å²) >= 11 is 0. The minimum atomic E-state index is -0.937.